The molecule has 1 aliphatic rings. The lowest BCUT2D eigenvalue weighted by Gasteiger charge is -2.34. The molecule has 102 valence electrons. The lowest BCUT2D eigenvalue weighted by Crippen LogP contribution is -2.39. The second-order valence-corrected chi connectivity index (χ2v) is 5.43. The minimum Gasteiger partial charge on any atom is -0.368 e. The summed E-state index contributed by atoms with van der Waals surface area (Å²) in [5, 5.41) is 17.1. The Hall–Kier alpha value is -1.89. The molecular weight excluding hydrogens is 244 g/mol. The Bertz CT molecular complexity index is 624. The van der Waals surface area contributed by atoms with E-state index in [2.05, 4.69) is 32.9 Å². The topological polar surface area (TPSA) is 87.1 Å². The van der Waals surface area contributed by atoms with Gasteiger partial charge in [-0.1, -0.05) is 6.92 Å². The van der Waals surface area contributed by atoms with Gasteiger partial charge in [-0.3, -0.25) is 0 Å². The van der Waals surface area contributed by atoms with Crippen LogP contribution in [0.25, 0.3) is 5.65 Å². The van der Waals surface area contributed by atoms with E-state index in [0.717, 1.165) is 32.5 Å². The molecule has 0 amide bonds. The summed E-state index contributed by atoms with van der Waals surface area (Å²) in [6.07, 6.45) is 2.29. The molecule has 0 radical (unpaired) electrons. The monoisotopic (exact) mass is 262 g/mol. The zero-order valence-corrected chi connectivity index (χ0v) is 10.9. The van der Waals surface area contributed by atoms with Crippen LogP contribution in [0.1, 0.15) is 19.8 Å². The van der Waals surface area contributed by atoms with E-state index in [1.807, 2.05) is 6.07 Å². The summed E-state index contributed by atoms with van der Waals surface area (Å²) in [4.78, 5) is 11.4. The molecule has 2 aromatic rings. The van der Waals surface area contributed by atoms with Crippen LogP contribution < -0.4 is 16.3 Å². The molecule has 0 spiro atoms. The molecule has 19 heavy (non-hydrogen) atoms. The van der Waals surface area contributed by atoms with Gasteiger partial charge in [0, 0.05) is 6.54 Å². The molecule has 0 bridgehead atoms. The van der Waals surface area contributed by atoms with E-state index in [4.69, 9.17) is 0 Å². The highest BCUT2D eigenvalue weighted by molar-refractivity contribution is 5.43. The number of nitrogens with zero attached hydrogens (tertiary/aromatic N) is 3. The van der Waals surface area contributed by atoms with E-state index in [-0.39, 0.29) is 11.1 Å². The summed E-state index contributed by atoms with van der Waals surface area (Å²) in [5.41, 5.74) is 0.499. The average molecular weight is 262 g/mol. The Morgan fingerprint density at radius 2 is 2.21 bits per heavy atom. The number of fused-ring (bicyclic) bond motifs is 1. The number of rotatable bonds is 3. The number of aromatic amines is 1. The summed E-state index contributed by atoms with van der Waals surface area (Å²) in [6, 6.07) is 3.62. The maximum atomic E-state index is 11.4. The fourth-order valence-electron chi connectivity index (χ4n) is 2.41. The Morgan fingerprint density at radius 3 is 3.00 bits per heavy atom. The molecule has 2 aromatic heterocycles. The normalized spacial score (nSPS) is 18.6. The first kappa shape index (κ1) is 12.2. The van der Waals surface area contributed by atoms with Crippen molar-refractivity contribution in [1.82, 2.24) is 25.1 Å². The molecular formula is C12H18N6O. The highest BCUT2D eigenvalue weighted by Crippen LogP contribution is 2.27. The number of H-pyrrole nitrogens is 1. The highest BCUT2D eigenvalue weighted by Gasteiger charge is 2.26. The smallest absolute Gasteiger partial charge is 0.364 e. The van der Waals surface area contributed by atoms with Crippen molar-refractivity contribution in [1.29, 1.82) is 0 Å². The number of hydrogen-bond donors (Lipinski definition) is 3. The Kier molecular flexibility index (Phi) is 2.98. The van der Waals surface area contributed by atoms with Gasteiger partial charge < -0.3 is 10.6 Å². The zero-order valence-electron chi connectivity index (χ0n) is 10.9. The third-order valence-corrected chi connectivity index (χ3v) is 3.78. The molecule has 0 unspecified atom stereocenters. The van der Waals surface area contributed by atoms with Crippen LogP contribution in [-0.4, -0.2) is 39.4 Å². The zero-order chi connectivity index (χ0) is 13.3. The SMILES string of the molecule is CC1(CNc2ccc3n[nH]c(=O)n3n2)CCNCC1. The van der Waals surface area contributed by atoms with Crippen molar-refractivity contribution >= 4 is 11.5 Å². The summed E-state index contributed by atoms with van der Waals surface area (Å²) in [5.74, 6) is 0.704. The van der Waals surface area contributed by atoms with Crippen LogP contribution in [0.2, 0.25) is 0 Å². The molecule has 1 aliphatic heterocycles. The standard InChI is InChI=1S/C12H18N6O/c1-12(4-6-13-7-5-12)8-14-9-2-3-10-15-16-11(19)18(10)17-9/h2-3,13H,4-8H2,1H3,(H,14,17)(H,16,19). The van der Waals surface area contributed by atoms with Crippen LogP contribution in [-0.2, 0) is 0 Å². The third kappa shape index (κ3) is 2.46. The van der Waals surface area contributed by atoms with Crippen molar-refractivity contribution in [3.05, 3.63) is 22.6 Å². The minimum absolute atomic E-state index is 0.281. The van der Waals surface area contributed by atoms with Gasteiger partial charge in [-0.05, 0) is 43.5 Å². The van der Waals surface area contributed by atoms with Crippen LogP contribution >= 0.6 is 0 Å². The first-order chi connectivity index (χ1) is 9.16. The van der Waals surface area contributed by atoms with E-state index in [0.29, 0.717) is 11.5 Å². The molecule has 0 saturated carbocycles. The van der Waals surface area contributed by atoms with Crippen molar-refractivity contribution in [3.8, 4) is 0 Å². The van der Waals surface area contributed by atoms with Crippen molar-refractivity contribution in [2.24, 2.45) is 5.41 Å². The summed E-state index contributed by atoms with van der Waals surface area (Å²) < 4.78 is 1.27. The maximum Gasteiger partial charge on any atom is 0.364 e. The quantitative estimate of drug-likeness (QED) is 0.736. The van der Waals surface area contributed by atoms with Crippen molar-refractivity contribution in [2.75, 3.05) is 25.0 Å². The molecule has 7 heteroatoms. The average Bonchev–Trinajstić information content (AvgIpc) is 2.79. The molecule has 1 saturated heterocycles. The molecule has 0 aromatic carbocycles. The van der Waals surface area contributed by atoms with Gasteiger partial charge in [0.05, 0.1) is 0 Å². The lowest BCUT2D eigenvalue weighted by atomic mass is 9.81. The Labute approximate surface area is 110 Å². The van der Waals surface area contributed by atoms with Gasteiger partial charge in [0.15, 0.2) is 5.65 Å². The van der Waals surface area contributed by atoms with E-state index >= 15 is 0 Å². The van der Waals surface area contributed by atoms with E-state index in [9.17, 15) is 4.79 Å². The number of anilines is 1. The van der Waals surface area contributed by atoms with Gasteiger partial charge >= 0.3 is 5.69 Å². The molecule has 3 rings (SSSR count). The van der Waals surface area contributed by atoms with Crippen LogP contribution in [0.4, 0.5) is 5.82 Å². The van der Waals surface area contributed by atoms with Gasteiger partial charge in [0.1, 0.15) is 5.82 Å². The van der Waals surface area contributed by atoms with Crippen LogP contribution in [0.3, 0.4) is 0 Å². The first-order valence-electron chi connectivity index (χ1n) is 6.55. The summed E-state index contributed by atoms with van der Waals surface area (Å²) in [6.45, 7) is 5.26. The van der Waals surface area contributed by atoms with Crippen molar-refractivity contribution < 1.29 is 0 Å². The van der Waals surface area contributed by atoms with Crippen LogP contribution in [0, 0.1) is 5.41 Å². The fourth-order valence-corrected chi connectivity index (χ4v) is 2.41. The van der Waals surface area contributed by atoms with Gasteiger partial charge in [0.25, 0.3) is 0 Å². The fraction of sp³-hybridized carbons (Fsp3) is 0.583. The molecule has 7 nitrogen and oxygen atoms in total. The highest BCUT2D eigenvalue weighted by atomic mass is 16.2. The molecule has 0 aliphatic carbocycles. The largest absolute Gasteiger partial charge is 0.368 e. The van der Waals surface area contributed by atoms with Crippen LogP contribution in [0.5, 0.6) is 0 Å². The van der Waals surface area contributed by atoms with E-state index in [1.165, 1.54) is 4.52 Å². The van der Waals surface area contributed by atoms with E-state index < -0.39 is 0 Å². The second-order valence-electron chi connectivity index (χ2n) is 5.43. The van der Waals surface area contributed by atoms with Gasteiger partial charge in [0.2, 0.25) is 0 Å². The predicted molar refractivity (Wildman–Crippen MR) is 72.3 cm³/mol. The van der Waals surface area contributed by atoms with Gasteiger partial charge in [-0.15, -0.1) is 5.10 Å². The predicted octanol–water partition coefficient (Wildman–Crippen LogP) is 0.219. The lowest BCUT2D eigenvalue weighted by molar-refractivity contribution is 0.247. The van der Waals surface area contributed by atoms with Crippen LogP contribution in [0.15, 0.2) is 16.9 Å². The summed E-state index contributed by atoms with van der Waals surface area (Å²) in [7, 11) is 0. The second kappa shape index (κ2) is 4.65. The minimum atomic E-state index is -0.313. The number of hydrogen-bond acceptors (Lipinski definition) is 5. The van der Waals surface area contributed by atoms with E-state index in [1.54, 1.807) is 6.07 Å². The first-order valence-corrected chi connectivity index (χ1v) is 6.55. The third-order valence-electron chi connectivity index (χ3n) is 3.78. The molecule has 3 heterocycles. The van der Waals surface area contributed by atoms with Gasteiger partial charge in [-0.25, -0.2) is 9.89 Å². The molecule has 1 fully saturated rings. The molecule has 3 N–H and O–H groups in total. The van der Waals surface area contributed by atoms with Crippen molar-refractivity contribution in [3.63, 3.8) is 0 Å². The number of aromatic nitrogens is 4. The number of nitrogens with one attached hydrogen (secondary N) is 3. The van der Waals surface area contributed by atoms with Crippen molar-refractivity contribution in [2.45, 2.75) is 19.8 Å². The maximum absolute atomic E-state index is 11.4. The van der Waals surface area contributed by atoms with Gasteiger partial charge in [-0.2, -0.15) is 9.61 Å². The Balaban J connectivity index is 1.74. The molecule has 0 atom stereocenters. The number of piperidine rings is 1. The Morgan fingerprint density at radius 1 is 1.42 bits per heavy atom. The summed E-state index contributed by atoms with van der Waals surface area (Å²) >= 11 is 0.